The molecule has 1 aromatic carbocycles. The lowest BCUT2D eigenvalue weighted by Gasteiger charge is -2.27. The molecule has 0 aliphatic heterocycles. The molecular formula is C16H22BrNO2. The molecule has 4 heteroatoms. The van der Waals surface area contributed by atoms with E-state index in [-0.39, 0.29) is 5.91 Å². The van der Waals surface area contributed by atoms with Crippen LogP contribution in [-0.4, -0.2) is 23.9 Å². The number of hydrogen-bond acceptors (Lipinski definition) is 2. The Labute approximate surface area is 129 Å². The number of halogens is 1. The fourth-order valence-electron chi connectivity index (χ4n) is 2.65. The molecule has 0 heterocycles. The Bertz CT molecular complexity index is 450. The number of rotatable bonds is 5. The zero-order chi connectivity index (χ0) is 14.4. The lowest BCUT2D eigenvalue weighted by atomic mass is 9.89. The first-order chi connectivity index (χ1) is 9.72. The summed E-state index contributed by atoms with van der Waals surface area (Å²) in [4.78, 5) is 12.8. The summed E-state index contributed by atoms with van der Waals surface area (Å²) in [5, 5.41) is 3.05. The van der Waals surface area contributed by atoms with E-state index in [4.69, 9.17) is 4.74 Å². The van der Waals surface area contributed by atoms with Crippen molar-refractivity contribution in [3.8, 4) is 5.75 Å². The van der Waals surface area contributed by atoms with Gasteiger partial charge in [-0.05, 0) is 37.8 Å². The van der Waals surface area contributed by atoms with Gasteiger partial charge in [-0.3, -0.25) is 4.79 Å². The number of carbonyl (C=O) groups is 1. The summed E-state index contributed by atoms with van der Waals surface area (Å²) in [6, 6.07) is 7.40. The van der Waals surface area contributed by atoms with Crippen molar-refractivity contribution in [2.75, 3.05) is 13.2 Å². The molecule has 110 valence electrons. The van der Waals surface area contributed by atoms with Gasteiger partial charge in [0.05, 0.1) is 12.2 Å². The molecule has 1 saturated carbocycles. The topological polar surface area (TPSA) is 38.3 Å². The van der Waals surface area contributed by atoms with Crippen LogP contribution in [-0.2, 0) is 0 Å². The van der Waals surface area contributed by atoms with Gasteiger partial charge in [0, 0.05) is 11.4 Å². The van der Waals surface area contributed by atoms with Crippen molar-refractivity contribution in [1.82, 2.24) is 5.32 Å². The minimum Gasteiger partial charge on any atom is -0.493 e. The van der Waals surface area contributed by atoms with Crippen LogP contribution in [0.15, 0.2) is 24.3 Å². The molecule has 20 heavy (non-hydrogen) atoms. The molecule has 0 bridgehead atoms. The number of alkyl halides is 1. The van der Waals surface area contributed by atoms with Crippen molar-refractivity contribution in [2.24, 2.45) is 5.92 Å². The Hall–Kier alpha value is -1.03. The fraction of sp³-hybridized carbons (Fsp3) is 0.562. The first kappa shape index (κ1) is 15.4. The first-order valence-electron chi connectivity index (χ1n) is 7.36. The number of amides is 1. The smallest absolute Gasteiger partial charge is 0.255 e. The molecule has 1 fully saturated rings. The van der Waals surface area contributed by atoms with Gasteiger partial charge in [-0.15, -0.1) is 0 Å². The van der Waals surface area contributed by atoms with Crippen LogP contribution in [0.3, 0.4) is 0 Å². The van der Waals surface area contributed by atoms with Crippen LogP contribution in [0.25, 0.3) is 0 Å². The van der Waals surface area contributed by atoms with E-state index in [2.05, 4.69) is 21.2 Å². The standard InChI is InChI=1S/C16H22BrNO2/c1-2-20-15-10-6-4-8-13(15)16(19)18-11-12-7-3-5-9-14(12)17/h4,6,8,10,12,14H,2-3,5,7,9,11H2,1H3,(H,18,19). The molecule has 2 rings (SSSR count). The van der Waals surface area contributed by atoms with E-state index in [1.165, 1.54) is 25.7 Å². The van der Waals surface area contributed by atoms with Crippen molar-refractivity contribution in [3.05, 3.63) is 29.8 Å². The van der Waals surface area contributed by atoms with Crippen molar-refractivity contribution < 1.29 is 9.53 Å². The molecule has 1 aliphatic rings. The van der Waals surface area contributed by atoms with E-state index >= 15 is 0 Å². The third-order valence-electron chi connectivity index (χ3n) is 3.77. The summed E-state index contributed by atoms with van der Waals surface area (Å²) in [6.45, 7) is 3.22. The third-order valence-corrected chi connectivity index (χ3v) is 4.98. The van der Waals surface area contributed by atoms with E-state index in [1.54, 1.807) is 0 Å². The quantitative estimate of drug-likeness (QED) is 0.829. The molecule has 1 aliphatic carbocycles. The number of para-hydroxylation sites is 1. The molecule has 2 unspecified atom stereocenters. The van der Waals surface area contributed by atoms with Gasteiger partial charge in [0.1, 0.15) is 5.75 Å². The molecule has 2 atom stereocenters. The van der Waals surface area contributed by atoms with Crippen LogP contribution in [0.5, 0.6) is 5.75 Å². The minimum absolute atomic E-state index is 0.0423. The van der Waals surface area contributed by atoms with E-state index in [0.29, 0.717) is 28.7 Å². The summed E-state index contributed by atoms with van der Waals surface area (Å²) in [5.41, 5.74) is 0.622. The van der Waals surface area contributed by atoms with Crippen molar-refractivity contribution in [2.45, 2.75) is 37.4 Å². The second kappa shape index (κ2) is 7.67. The molecule has 1 aromatic rings. The Kier molecular flexibility index (Phi) is 5.89. The molecule has 0 aromatic heterocycles. The van der Waals surface area contributed by atoms with Crippen LogP contribution in [0.2, 0.25) is 0 Å². The SMILES string of the molecule is CCOc1ccccc1C(=O)NCC1CCCCC1Br. The number of ether oxygens (including phenoxy) is 1. The largest absolute Gasteiger partial charge is 0.493 e. The Morgan fingerprint density at radius 2 is 2.10 bits per heavy atom. The second-order valence-electron chi connectivity index (χ2n) is 5.20. The van der Waals surface area contributed by atoms with Crippen LogP contribution in [0.4, 0.5) is 0 Å². The Balaban J connectivity index is 1.94. The summed E-state index contributed by atoms with van der Waals surface area (Å²) in [6.07, 6.45) is 4.94. The van der Waals surface area contributed by atoms with Gasteiger partial charge < -0.3 is 10.1 Å². The molecule has 0 radical (unpaired) electrons. The molecule has 3 nitrogen and oxygen atoms in total. The van der Waals surface area contributed by atoms with Crippen LogP contribution in [0, 0.1) is 5.92 Å². The highest BCUT2D eigenvalue weighted by Crippen LogP contribution is 2.29. The van der Waals surface area contributed by atoms with Gasteiger partial charge in [0.2, 0.25) is 0 Å². The minimum atomic E-state index is -0.0423. The predicted molar refractivity (Wildman–Crippen MR) is 84.6 cm³/mol. The number of carbonyl (C=O) groups excluding carboxylic acids is 1. The average Bonchev–Trinajstić information content (AvgIpc) is 2.47. The second-order valence-corrected chi connectivity index (χ2v) is 6.38. The van der Waals surface area contributed by atoms with Gasteiger partial charge in [0.25, 0.3) is 5.91 Å². The zero-order valence-electron chi connectivity index (χ0n) is 11.9. The number of hydrogen-bond donors (Lipinski definition) is 1. The maximum Gasteiger partial charge on any atom is 0.255 e. The first-order valence-corrected chi connectivity index (χ1v) is 8.28. The fourth-order valence-corrected chi connectivity index (χ4v) is 3.42. The monoisotopic (exact) mass is 339 g/mol. The average molecular weight is 340 g/mol. The highest BCUT2D eigenvalue weighted by atomic mass is 79.9. The predicted octanol–water partition coefficient (Wildman–Crippen LogP) is 3.77. The summed E-state index contributed by atoms with van der Waals surface area (Å²) in [7, 11) is 0. The van der Waals surface area contributed by atoms with Gasteiger partial charge in [-0.1, -0.05) is 40.9 Å². The number of nitrogens with one attached hydrogen (secondary N) is 1. The van der Waals surface area contributed by atoms with E-state index in [0.717, 1.165) is 6.54 Å². The van der Waals surface area contributed by atoms with E-state index in [9.17, 15) is 4.79 Å². The van der Waals surface area contributed by atoms with Gasteiger partial charge >= 0.3 is 0 Å². The van der Waals surface area contributed by atoms with Crippen LogP contribution >= 0.6 is 15.9 Å². The van der Waals surface area contributed by atoms with Crippen molar-refractivity contribution >= 4 is 21.8 Å². The van der Waals surface area contributed by atoms with Crippen LogP contribution < -0.4 is 10.1 Å². The Morgan fingerprint density at radius 3 is 2.85 bits per heavy atom. The van der Waals surface area contributed by atoms with Crippen LogP contribution in [0.1, 0.15) is 43.0 Å². The molecule has 0 spiro atoms. The van der Waals surface area contributed by atoms with Gasteiger partial charge in [-0.25, -0.2) is 0 Å². The lowest BCUT2D eigenvalue weighted by molar-refractivity contribution is 0.0940. The van der Waals surface area contributed by atoms with Gasteiger partial charge in [-0.2, -0.15) is 0 Å². The zero-order valence-corrected chi connectivity index (χ0v) is 13.5. The maximum absolute atomic E-state index is 12.3. The van der Waals surface area contributed by atoms with E-state index < -0.39 is 0 Å². The lowest BCUT2D eigenvalue weighted by Crippen LogP contribution is -2.34. The van der Waals surface area contributed by atoms with Crippen molar-refractivity contribution in [1.29, 1.82) is 0 Å². The molecular weight excluding hydrogens is 318 g/mol. The van der Waals surface area contributed by atoms with E-state index in [1.807, 2.05) is 31.2 Å². The van der Waals surface area contributed by atoms with Crippen molar-refractivity contribution in [3.63, 3.8) is 0 Å². The molecule has 1 amide bonds. The van der Waals surface area contributed by atoms with Gasteiger partial charge in [0.15, 0.2) is 0 Å². The third kappa shape index (κ3) is 3.98. The highest BCUT2D eigenvalue weighted by molar-refractivity contribution is 9.09. The Morgan fingerprint density at radius 1 is 1.35 bits per heavy atom. The normalized spacial score (nSPS) is 22.3. The highest BCUT2D eigenvalue weighted by Gasteiger charge is 2.23. The summed E-state index contributed by atoms with van der Waals surface area (Å²) in [5.74, 6) is 1.15. The maximum atomic E-state index is 12.3. The molecule has 0 saturated heterocycles. The molecule has 1 N–H and O–H groups in total. The summed E-state index contributed by atoms with van der Waals surface area (Å²) >= 11 is 3.72. The summed E-state index contributed by atoms with van der Waals surface area (Å²) < 4.78 is 5.50. The number of benzene rings is 1.